The number of carbonyl (C=O) groups excluding carboxylic acids is 1. The average Bonchev–Trinajstić information content (AvgIpc) is 2.90. The summed E-state index contributed by atoms with van der Waals surface area (Å²) in [4.78, 5) is 14.6. The molecular weight excluding hydrogens is 326 g/mol. The maximum absolute atomic E-state index is 12.4. The molecule has 116 valence electrons. The molecule has 0 fully saturated rings. The summed E-state index contributed by atoms with van der Waals surface area (Å²) in [5, 5.41) is 0. The molecule has 0 saturated heterocycles. The number of rotatable bonds is 6. The molecule has 0 atom stereocenters. The maximum atomic E-state index is 12.4. The number of carbonyl (C=O) groups is 1. The second kappa shape index (κ2) is 7.56. The molecule has 0 amide bonds. The Morgan fingerprint density at radius 3 is 2.68 bits per heavy atom. The lowest BCUT2D eigenvalue weighted by Crippen LogP contribution is -1.97. The predicted molar refractivity (Wildman–Crippen MR) is 87.3 cm³/mol. The standard InChI is InChI=1S/C16H14F2O2S2/c1-10-3-5-12(21-10)6-7-13(19)11-4-8-15(22-16(17)18)14(9-11)20-2/h3-9,16H,1-2H3/b7-6+. The van der Waals surface area contributed by atoms with Gasteiger partial charge in [0.05, 0.1) is 12.0 Å². The van der Waals surface area contributed by atoms with Crippen LogP contribution in [0.25, 0.3) is 6.08 Å². The van der Waals surface area contributed by atoms with E-state index < -0.39 is 5.76 Å². The Kier molecular flexibility index (Phi) is 5.74. The Labute approximate surface area is 135 Å². The van der Waals surface area contributed by atoms with E-state index in [2.05, 4.69) is 0 Å². The van der Waals surface area contributed by atoms with E-state index in [1.807, 2.05) is 19.1 Å². The van der Waals surface area contributed by atoms with Gasteiger partial charge in [0.2, 0.25) is 0 Å². The lowest BCUT2D eigenvalue weighted by molar-refractivity contribution is 0.104. The van der Waals surface area contributed by atoms with Crippen LogP contribution in [0.1, 0.15) is 20.1 Å². The fraction of sp³-hybridized carbons (Fsp3) is 0.188. The predicted octanol–water partition coefficient (Wildman–Crippen LogP) is 5.28. The van der Waals surface area contributed by atoms with Crippen LogP contribution >= 0.6 is 23.1 Å². The van der Waals surface area contributed by atoms with Gasteiger partial charge in [-0.25, -0.2) is 0 Å². The first kappa shape index (κ1) is 16.7. The van der Waals surface area contributed by atoms with Crippen molar-refractivity contribution in [1.82, 2.24) is 0 Å². The molecule has 2 nitrogen and oxygen atoms in total. The first-order valence-corrected chi connectivity index (χ1v) is 8.11. The highest BCUT2D eigenvalue weighted by Gasteiger charge is 2.13. The number of hydrogen-bond donors (Lipinski definition) is 0. The number of ether oxygens (including phenoxy) is 1. The number of methoxy groups -OCH3 is 1. The topological polar surface area (TPSA) is 26.3 Å². The number of aryl methyl sites for hydroxylation is 1. The van der Waals surface area contributed by atoms with Crippen LogP contribution < -0.4 is 4.74 Å². The summed E-state index contributed by atoms with van der Waals surface area (Å²) in [6.45, 7) is 1.99. The Morgan fingerprint density at radius 1 is 1.32 bits per heavy atom. The molecule has 0 radical (unpaired) electrons. The molecule has 1 heterocycles. The third-order valence-corrected chi connectivity index (χ3v) is 4.56. The van der Waals surface area contributed by atoms with E-state index in [9.17, 15) is 13.6 Å². The Balaban J connectivity index is 2.17. The normalized spacial score (nSPS) is 11.3. The summed E-state index contributed by atoms with van der Waals surface area (Å²) in [7, 11) is 1.39. The summed E-state index contributed by atoms with van der Waals surface area (Å²) < 4.78 is 29.9. The lowest BCUT2D eigenvalue weighted by Gasteiger charge is -2.08. The number of allylic oxidation sites excluding steroid dienone is 1. The van der Waals surface area contributed by atoms with E-state index in [4.69, 9.17) is 4.74 Å². The van der Waals surface area contributed by atoms with Gasteiger partial charge in [-0.2, -0.15) is 8.78 Å². The molecular formula is C16H14F2O2S2. The summed E-state index contributed by atoms with van der Waals surface area (Å²) in [5.41, 5.74) is 0.403. The number of hydrogen-bond acceptors (Lipinski definition) is 4. The van der Waals surface area contributed by atoms with Crippen LogP contribution in [0, 0.1) is 6.92 Å². The number of ketones is 1. The smallest absolute Gasteiger partial charge is 0.289 e. The number of benzene rings is 1. The Hall–Kier alpha value is -1.66. The van der Waals surface area contributed by atoms with Crippen molar-refractivity contribution >= 4 is 35.0 Å². The lowest BCUT2D eigenvalue weighted by atomic mass is 10.1. The largest absolute Gasteiger partial charge is 0.496 e. The van der Waals surface area contributed by atoms with Crippen molar-refractivity contribution in [2.75, 3.05) is 7.11 Å². The average molecular weight is 340 g/mol. The molecule has 0 aliphatic rings. The van der Waals surface area contributed by atoms with Crippen LogP contribution in [-0.2, 0) is 0 Å². The van der Waals surface area contributed by atoms with Crippen molar-refractivity contribution in [3.8, 4) is 5.75 Å². The summed E-state index contributed by atoms with van der Waals surface area (Å²) in [6.07, 6.45) is 3.22. The van der Waals surface area contributed by atoms with E-state index in [-0.39, 0.29) is 11.5 Å². The zero-order valence-electron chi connectivity index (χ0n) is 12.0. The molecule has 2 rings (SSSR count). The maximum Gasteiger partial charge on any atom is 0.289 e. The van der Waals surface area contributed by atoms with Crippen molar-refractivity contribution in [3.05, 3.63) is 51.7 Å². The van der Waals surface area contributed by atoms with Crippen molar-refractivity contribution in [2.45, 2.75) is 17.6 Å². The second-order valence-corrected chi connectivity index (χ2v) is 6.74. The van der Waals surface area contributed by atoms with Crippen LogP contribution in [0.15, 0.2) is 41.3 Å². The highest BCUT2D eigenvalue weighted by Crippen LogP contribution is 2.34. The number of thioether (sulfide) groups is 1. The SMILES string of the molecule is COc1cc(C(=O)/C=C/c2ccc(C)s2)ccc1SC(F)F. The van der Waals surface area contributed by atoms with Gasteiger partial charge in [-0.3, -0.25) is 4.79 Å². The minimum absolute atomic E-state index is 0.196. The van der Waals surface area contributed by atoms with Crippen molar-refractivity contribution < 1.29 is 18.3 Å². The first-order chi connectivity index (χ1) is 10.5. The Morgan fingerprint density at radius 2 is 2.09 bits per heavy atom. The van der Waals surface area contributed by atoms with Gasteiger partial charge in [-0.1, -0.05) is 11.8 Å². The quantitative estimate of drug-likeness (QED) is 0.407. The summed E-state index contributed by atoms with van der Waals surface area (Å²) in [6, 6.07) is 8.41. The molecule has 0 aliphatic carbocycles. The van der Waals surface area contributed by atoms with Gasteiger partial charge >= 0.3 is 0 Å². The van der Waals surface area contributed by atoms with Crippen molar-refractivity contribution in [1.29, 1.82) is 0 Å². The first-order valence-electron chi connectivity index (χ1n) is 6.41. The highest BCUT2D eigenvalue weighted by molar-refractivity contribution is 7.99. The van der Waals surface area contributed by atoms with Gasteiger partial charge in [0.25, 0.3) is 5.76 Å². The molecule has 0 spiro atoms. The van der Waals surface area contributed by atoms with E-state index in [0.29, 0.717) is 22.2 Å². The fourth-order valence-corrected chi connectivity index (χ4v) is 3.19. The van der Waals surface area contributed by atoms with E-state index >= 15 is 0 Å². The number of halogens is 2. The molecule has 22 heavy (non-hydrogen) atoms. The highest BCUT2D eigenvalue weighted by atomic mass is 32.2. The van der Waals surface area contributed by atoms with Gasteiger partial charge in [0, 0.05) is 15.3 Å². The van der Waals surface area contributed by atoms with Gasteiger partial charge in [-0.05, 0) is 49.4 Å². The zero-order chi connectivity index (χ0) is 16.1. The second-order valence-electron chi connectivity index (χ2n) is 4.39. The third-order valence-electron chi connectivity index (χ3n) is 2.82. The molecule has 0 N–H and O–H groups in total. The van der Waals surface area contributed by atoms with E-state index in [0.717, 1.165) is 4.88 Å². The van der Waals surface area contributed by atoms with Crippen LogP contribution in [0.4, 0.5) is 8.78 Å². The minimum atomic E-state index is -2.53. The summed E-state index contributed by atoms with van der Waals surface area (Å²) in [5.74, 6) is -2.45. The minimum Gasteiger partial charge on any atom is -0.496 e. The molecule has 0 bridgehead atoms. The molecule has 1 aromatic heterocycles. The van der Waals surface area contributed by atoms with Gasteiger partial charge in [0.1, 0.15) is 5.75 Å². The van der Waals surface area contributed by atoms with Crippen LogP contribution in [0.2, 0.25) is 0 Å². The monoisotopic (exact) mass is 340 g/mol. The molecule has 2 aromatic rings. The summed E-state index contributed by atoms with van der Waals surface area (Å²) >= 11 is 1.99. The van der Waals surface area contributed by atoms with Gasteiger partial charge in [0.15, 0.2) is 5.78 Å². The molecule has 6 heteroatoms. The molecule has 0 unspecified atom stereocenters. The molecule has 0 aliphatic heterocycles. The van der Waals surface area contributed by atoms with Crippen molar-refractivity contribution in [3.63, 3.8) is 0 Å². The van der Waals surface area contributed by atoms with Crippen LogP contribution in [-0.4, -0.2) is 18.7 Å². The third kappa shape index (κ3) is 4.42. The van der Waals surface area contributed by atoms with E-state index in [1.165, 1.54) is 36.3 Å². The molecule has 0 saturated carbocycles. The fourth-order valence-electron chi connectivity index (χ4n) is 1.81. The van der Waals surface area contributed by atoms with Crippen LogP contribution in [0.5, 0.6) is 5.75 Å². The van der Waals surface area contributed by atoms with Crippen LogP contribution in [0.3, 0.4) is 0 Å². The van der Waals surface area contributed by atoms with Gasteiger partial charge < -0.3 is 4.74 Å². The van der Waals surface area contributed by atoms with E-state index in [1.54, 1.807) is 17.4 Å². The zero-order valence-corrected chi connectivity index (χ0v) is 13.6. The molecule has 1 aromatic carbocycles. The van der Waals surface area contributed by atoms with Gasteiger partial charge in [-0.15, -0.1) is 11.3 Å². The number of thiophene rings is 1. The Bertz CT molecular complexity index is 693. The number of alkyl halides is 2. The van der Waals surface area contributed by atoms with Crippen molar-refractivity contribution in [2.24, 2.45) is 0 Å².